The highest BCUT2D eigenvalue weighted by Gasteiger charge is 2.64. The average molecular weight is 597 g/mol. The van der Waals surface area contributed by atoms with E-state index in [4.69, 9.17) is 4.74 Å². The summed E-state index contributed by atoms with van der Waals surface area (Å²) in [6.07, 6.45) is 5.57. The molecule has 0 aromatic carbocycles. The molecule has 0 spiro atoms. The number of aliphatic hydroxyl groups is 2. The van der Waals surface area contributed by atoms with Gasteiger partial charge in [-0.2, -0.15) is 0 Å². The zero-order valence-electron chi connectivity index (χ0n) is 22.1. The molecule has 5 atom stereocenters. The maximum absolute atomic E-state index is 14.2. The van der Waals surface area contributed by atoms with Crippen molar-refractivity contribution in [3.63, 3.8) is 0 Å². The Balaban J connectivity index is 2.06. The molecule has 10 nitrogen and oxygen atoms in total. The van der Waals surface area contributed by atoms with Crippen LogP contribution in [0.3, 0.4) is 0 Å². The average Bonchev–Trinajstić information content (AvgIpc) is 3.45. The van der Waals surface area contributed by atoms with Crippen LogP contribution in [0, 0.1) is 0 Å². The van der Waals surface area contributed by atoms with Gasteiger partial charge >= 0.3 is 5.97 Å². The number of fused-ring (bicyclic) bond motifs is 4. The Bertz CT molecular complexity index is 1250. The van der Waals surface area contributed by atoms with E-state index < -0.39 is 62.7 Å². The van der Waals surface area contributed by atoms with E-state index in [9.17, 15) is 33.6 Å². The Morgan fingerprint density at radius 3 is 2.72 bits per heavy atom. The van der Waals surface area contributed by atoms with Crippen LogP contribution < -0.4 is 0 Å². The van der Waals surface area contributed by atoms with Crippen LogP contribution in [-0.2, 0) is 34.9 Å². The van der Waals surface area contributed by atoms with E-state index in [1.165, 1.54) is 36.5 Å². The van der Waals surface area contributed by atoms with Crippen molar-refractivity contribution in [2.24, 2.45) is 0 Å². The van der Waals surface area contributed by atoms with Gasteiger partial charge in [0, 0.05) is 5.38 Å². The second-order valence-electron chi connectivity index (χ2n) is 9.46. The van der Waals surface area contributed by atoms with Crippen LogP contribution in [0.15, 0.2) is 35.3 Å². The molecule has 1 aromatic rings. The van der Waals surface area contributed by atoms with Crippen LogP contribution in [0.4, 0.5) is 0 Å². The normalized spacial score (nSPS) is 30.6. The third-order valence-corrected chi connectivity index (χ3v) is 11.0. The number of ketones is 1. The monoisotopic (exact) mass is 596 g/mol. The highest BCUT2D eigenvalue weighted by Crippen LogP contribution is 2.48. The highest BCUT2D eigenvalue weighted by molar-refractivity contribution is 8.14. The Morgan fingerprint density at radius 2 is 2.03 bits per heavy atom. The van der Waals surface area contributed by atoms with Crippen molar-refractivity contribution in [2.45, 2.75) is 69.5 Å². The van der Waals surface area contributed by atoms with Crippen LogP contribution >= 0.6 is 23.1 Å². The number of aliphatic hydroxyl groups excluding tert-OH is 1. The molecule has 1 aromatic heterocycles. The minimum absolute atomic E-state index is 0.0724. The van der Waals surface area contributed by atoms with Crippen LogP contribution in [0.2, 0.25) is 0 Å². The summed E-state index contributed by atoms with van der Waals surface area (Å²) in [6, 6.07) is -0.711. The summed E-state index contributed by atoms with van der Waals surface area (Å²) in [5.41, 5.74) is -1.18. The molecular formula is C26H32N2O8S3. The Labute approximate surface area is 237 Å². The molecule has 4 bridgehead atoms. The minimum Gasteiger partial charge on any atom is -0.465 e. The smallest absolute Gasteiger partial charge is 0.316 e. The van der Waals surface area contributed by atoms with Gasteiger partial charge in [-0.15, -0.1) is 11.3 Å². The quantitative estimate of drug-likeness (QED) is 0.383. The number of esters is 1. The predicted octanol–water partition coefficient (Wildman–Crippen LogP) is 2.65. The molecule has 39 heavy (non-hydrogen) atoms. The number of hydrogen-bond acceptors (Lipinski definition) is 11. The van der Waals surface area contributed by atoms with E-state index in [-0.39, 0.29) is 25.2 Å². The number of allylic oxidation sites excluding steroid dienone is 3. The molecule has 0 saturated carbocycles. The molecular weight excluding hydrogens is 564 g/mol. The zero-order valence-corrected chi connectivity index (χ0v) is 24.6. The van der Waals surface area contributed by atoms with Gasteiger partial charge in [-0.3, -0.25) is 23.5 Å². The number of amides is 1. The molecule has 1 amide bonds. The first-order valence-corrected chi connectivity index (χ1v) is 15.3. The lowest BCUT2D eigenvalue weighted by Crippen LogP contribution is -2.58. The van der Waals surface area contributed by atoms with Crippen LogP contribution in [0.25, 0.3) is 6.08 Å². The molecule has 0 unspecified atom stereocenters. The van der Waals surface area contributed by atoms with Crippen molar-refractivity contribution in [1.29, 1.82) is 0 Å². The molecule has 13 heteroatoms. The van der Waals surface area contributed by atoms with E-state index in [0.29, 0.717) is 28.0 Å². The van der Waals surface area contributed by atoms with Crippen LogP contribution in [-0.4, -0.2) is 75.3 Å². The lowest BCUT2D eigenvalue weighted by Gasteiger charge is -2.39. The molecule has 1 fully saturated rings. The molecule has 2 aliphatic rings. The van der Waals surface area contributed by atoms with E-state index in [2.05, 4.69) is 4.98 Å². The van der Waals surface area contributed by atoms with Gasteiger partial charge < -0.3 is 14.9 Å². The minimum atomic E-state index is -2.28. The summed E-state index contributed by atoms with van der Waals surface area (Å²) >= 11 is 1.80. The standard InChI is InChI=1S/C26H32N2O8S3/c1-5-36-22(32)15-38-24(33)25(4,34)26-11-10-16(2)12-20(30)19(29)9-7-6-8-18-14-37-23(27-18)17(3)28(39(26)35)21(31)13-26/h6-9,12,14,17,20,30,34H,5,10-11,13,15H2,1-4H3/b8-6-,9-7+,16-12+/t17-,20-,25+,26-,39+/m1/s1. The molecule has 0 radical (unpaired) electrons. The van der Waals surface area contributed by atoms with Crippen molar-refractivity contribution in [2.75, 3.05) is 12.4 Å². The van der Waals surface area contributed by atoms with Crippen LogP contribution in [0.5, 0.6) is 0 Å². The Morgan fingerprint density at radius 1 is 1.33 bits per heavy atom. The topological polar surface area (TPSA) is 151 Å². The molecule has 3 rings (SSSR count). The number of thiazole rings is 1. The fourth-order valence-electron chi connectivity index (χ4n) is 4.35. The number of hydrogen-bond donors (Lipinski definition) is 2. The number of carbonyl (C=O) groups excluding carboxylic acids is 4. The number of ether oxygens (including phenoxy) is 1. The number of nitrogens with zero attached hydrogens (tertiary/aromatic N) is 2. The maximum atomic E-state index is 14.2. The Kier molecular flexibility index (Phi) is 10.2. The lowest BCUT2D eigenvalue weighted by atomic mass is 9.81. The van der Waals surface area contributed by atoms with Crippen molar-refractivity contribution in [3.05, 3.63) is 46.0 Å². The first-order chi connectivity index (χ1) is 18.3. The fraction of sp³-hybridized carbons (Fsp3) is 0.500. The maximum Gasteiger partial charge on any atom is 0.316 e. The largest absolute Gasteiger partial charge is 0.465 e. The number of thioether (sulfide) groups is 1. The summed E-state index contributed by atoms with van der Waals surface area (Å²) in [4.78, 5) is 55.3. The summed E-state index contributed by atoms with van der Waals surface area (Å²) in [6.45, 7) is 6.30. The third-order valence-electron chi connectivity index (χ3n) is 6.65. The van der Waals surface area contributed by atoms with Crippen molar-refractivity contribution in [1.82, 2.24) is 9.29 Å². The van der Waals surface area contributed by atoms with Gasteiger partial charge in [-0.25, -0.2) is 9.19 Å². The van der Waals surface area contributed by atoms with Gasteiger partial charge in [0.25, 0.3) is 0 Å². The number of rotatable bonds is 5. The van der Waals surface area contributed by atoms with Crippen molar-refractivity contribution in [3.8, 4) is 0 Å². The predicted molar refractivity (Wildman–Crippen MR) is 150 cm³/mol. The van der Waals surface area contributed by atoms with Gasteiger partial charge in [0.2, 0.25) is 11.0 Å². The molecule has 0 aliphatic carbocycles. The van der Waals surface area contributed by atoms with Gasteiger partial charge in [0.05, 0.1) is 30.5 Å². The van der Waals surface area contributed by atoms with Gasteiger partial charge in [-0.05, 0) is 58.8 Å². The molecule has 1 saturated heterocycles. The van der Waals surface area contributed by atoms with Gasteiger partial charge in [-0.1, -0.05) is 29.5 Å². The van der Waals surface area contributed by atoms with Crippen LogP contribution in [0.1, 0.15) is 63.7 Å². The Hall–Kier alpha value is -2.45. The molecule has 212 valence electrons. The lowest BCUT2D eigenvalue weighted by molar-refractivity contribution is -0.140. The van der Waals surface area contributed by atoms with E-state index >= 15 is 0 Å². The van der Waals surface area contributed by atoms with Crippen molar-refractivity contribution >= 4 is 62.9 Å². The third kappa shape index (κ3) is 6.65. The molecule has 3 heterocycles. The zero-order chi connectivity index (χ0) is 29.0. The highest BCUT2D eigenvalue weighted by atomic mass is 32.2. The number of carbonyl (C=O) groups is 4. The van der Waals surface area contributed by atoms with Gasteiger partial charge in [0.15, 0.2) is 5.78 Å². The van der Waals surface area contributed by atoms with Gasteiger partial charge in [0.1, 0.15) is 32.4 Å². The first-order valence-electron chi connectivity index (χ1n) is 12.3. The number of aromatic nitrogens is 1. The summed E-state index contributed by atoms with van der Waals surface area (Å²) in [5.74, 6) is -2.06. The van der Waals surface area contributed by atoms with E-state index in [1.807, 2.05) is 0 Å². The second kappa shape index (κ2) is 12.8. The molecule has 2 N–H and O–H groups in total. The first kappa shape index (κ1) is 31.1. The SMILES string of the molecule is CCOC(=O)CSC(=O)[C@](C)(O)[C@@]12CC/C(C)=C/[C@@H](O)C(=O)/C=C/C=C\c3csc(n3)[C@@H](C)N(C(=O)C1)[S@]2=O. The second-order valence-corrected chi connectivity index (χ2v) is 13.0. The fourth-order valence-corrected chi connectivity index (χ4v) is 8.09. The summed E-state index contributed by atoms with van der Waals surface area (Å²) < 4.78 is 18.4. The van der Waals surface area contributed by atoms with Crippen molar-refractivity contribution < 1.29 is 38.3 Å². The summed E-state index contributed by atoms with van der Waals surface area (Å²) in [5, 5.41) is 23.4. The summed E-state index contributed by atoms with van der Waals surface area (Å²) in [7, 11) is -2.18. The molecule has 2 aliphatic heterocycles. The van der Waals surface area contributed by atoms with E-state index in [1.54, 1.807) is 38.3 Å². The van der Waals surface area contributed by atoms with E-state index in [0.717, 1.165) is 4.31 Å².